The Hall–Kier alpha value is -1.88. The van der Waals surface area contributed by atoms with E-state index in [4.69, 9.17) is 10.8 Å². The highest BCUT2D eigenvalue weighted by molar-refractivity contribution is 6.02. The summed E-state index contributed by atoms with van der Waals surface area (Å²) in [7, 11) is 1.64. The molecule has 17 heavy (non-hydrogen) atoms. The van der Waals surface area contributed by atoms with Gasteiger partial charge in [0.1, 0.15) is 6.04 Å². The summed E-state index contributed by atoms with van der Waals surface area (Å²) in [5, 5.41) is 8.98. The Morgan fingerprint density at radius 3 is 2.76 bits per heavy atom. The van der Waals surface area contributed by atoms with Crippen molar-refractivity contribution in [3.8, 4) is 0 Å². The van der Waals surface area contributed by atoms with Gasteiger partial charge in [-0.15, -0.1) is 0 Å². The van der Waals surface area contributed by atoms with Crippen molar-refractivity contribution in [3.63, 3.8) is 0 Å². The molecule has 0 spiro atoms. The van der Waals surface area contributed by atoms with Crippen LogP contribution < -0.4 is 10.6 Å². The van der Waals surface area contributed by atoms with Crippen LogP contribution in [-0.4, -0.2) is 24.0 Å². The molecule has 0 fully saturated rings. The Kier molecular flexibility index (Phi) is 2.63. The summed E-state index contributed by atoms with van der Waals surface area (Å²) in [4.78, 5) is 24.1. The smallest absolute Gasteiger partial charge is 0.325 e. The van der Waals surface area contributed by atoms with Crippen molar-refractivity contribution in [1.82, 2.24) is 0 Å². The highest BCUT2D eigenvalue weighted by Gasteiger charge is 2.30. The van der Waals surface area contributed by atoms with E-state index in [1.807, 2.05) is 13.0 Å². The minimum atomic E-state index is -1.10. The van der Waals surface area contributed by atoms with Gasteiger partial charge in [0, 0.05) is 12.6 Å². The Bertz CT molecular complexity index is 511. The van der Waals surface area contributed by atoms with E-state index in [-0.39, 0.29) is 5.91 Å². The van der Waals surface area contributed by atoms with Gasteiger partial charge < -0.3 is 15.7 Å². The van der Waals surface area contributed by atoms with Gasteiger partial charge in [-0.3, -0.25) is 9.59 Å². The molecule has 0 aliphatic carbocycles. The molecule has 1 aromatic carbocycles. The number of carbonyl (C=O) groups excluding carboxylic acids is 1. The molecule has 1 aliphatic rings. The first-order valence-electron chi connectivity index (χ1n) is 5.30. The minimum absolute atomic E-state index is 0.0376. The number of hydrogen-bond acceptors (Lipinski definition) is 3. The van der Waals surface area contributed by atoms with Gasteiger partial charge in [-0.2, -0.15) is 0 Å². The molecule has 5 heteroatoms. The molecule has 0 saturated carbocycles. The number of hydrogen-bond donors (Lipinski definition) is 2. The van der Waals surface area contributed by atoms with E-state index in [1.165, 1.54) is 4.90 Å². The zero-order chi connectivity index (χ0) is 12.7. The van der Waals surface area contributed by atoms with Crippen LogP contribution in [0.15, 0.2) is 12.1 Å². The van der Waals surface area contributed by atoms with Crippen molar-refractivity contribution in [1.29, 1.82) is 0 Å². The van der Waals surface area contributed by atoms with Crippen LogP contribution >= 0.6 is 0 Å². The van der Waals surface area contributed by atoms with Crippen molar-refractivity contribution in [2.75, 3.05) is 11.9 Å². The molecule has 0 saturated heterocycles. The van der Waals surface area contributed by atoms with Crippen molar-refractivity contribution in [2.45, 2.75) is 19.4 Å². The summed E-state index contributed by atoms with van der Waals surface area (Å²) in [6.45, 7) is 1.86. The molecule has 90 valence electrons. The van der Waals surface area contributed by atoms with Crippen molar-refractivity contribution >= 4 is 17.6 Å². The first-order valence-corrected chi connectivity index (χ1v) is 5.30. The number of fused-ring (bicyclic) bond motifs is 1. The van der Waals surface area contributed by atoms with Gasteiger partial charge in [0.2, 0.25) is 5.91 Å². The first kappa shape index (κ1) is 11.6. The maximum absolute atomic E-state index is 11.6. The second-order valence-corrected chi connectivity index (χ2v) is 4.31. The van der Waals surface area contributed by atoms with Gasteiger partial charge in [-0.1, -0.05) is 17.7 Å². The quantitative estimate of drug-likeness (QED) is 0.784. The van der Waals surface area contributed by atoms with E-state index < -0.39 is 12.0 Å². The number of carboxylic acid groups (broad SMARTS) is 1. The zero-order valence-electron chi connectivity index (χ0n) is 9.73. The number of anilines is 1. The lowest BCUT2D eigenvalue weighted by Crippen LogP contribution is -2.26. The van der Waals surface area contributed by atoms with Crippen molar-refractivity contribution < 1.29 is 14.7 Å². The van der Waals surface area contributed by atoms with Crippen molar-refractivity contribution in [3.05, 3.63) is 28.8 Å². The van der Waals surface area contributed by atoms with Gasteiger partial charge in [0.05, 0.1) is 12.1 Å². The third-order valence-electron chi connectivity index (χ3n) is 3.01. The molecule has 1 heterocycles. The van der Waals surface area contributed by atoms with Crippen LogP contribution in [0, 0.1) is 6.92 Å². The van der Waals surface area contributed by atoms with Crippen LogP contribution in [0.1, 0.15) is 22.7 Å². The minimum Gasteiger partial charge on any atom is -0.480 e. The third-order valence-corrected chi connectivity index (χ3v) is 3.01. The second kappa shape index (κ2) is 3.85. The molecule has 1 amide bonds. The summed E-state index contributed by atoms with van der Waals surface area (Å²) >= 11 is 0. The van der Waals surface area contributed by atoms with Crippen LogP contribution in [0.5, 0.6) is 0 Å². The number of rotatable bonds is 2. The third kappa shape index (κ3) is 1.78. The zero-order valence-corrected chi connectivity index (χ0v) is 9.73. The fraction of sp³-hybridized carbons (Fsp3) is 0.333. The fourth-order valence-corrected chi connectivity index (χ4v) is 2.20. The predicted octanol–water partition coefficient (Wildman–Crippen LogP) is 0.598. The number of likely N-dealkylation sites (N-methyl/N-ethyl adjacent to an activating group) is 1. The SMILES string of the molecule is Cc1cc2c(c(C(N)C(=O)O)c1)N(C)C(=O)C2. The maximum Gasteiger partial charge on any atom is 0.325 e. The summed E-state index contributed by atoms with van der Waals surface area (Å²) in [5.41, 5.74) is 8.57. The molecular formula is C12H14N2O3. The number of aliphatic carboxylic acids is 1. The van der Waals surface area contributed by atoms with Crippen LogP contribution in [0.4, 0.5) is 5.69 Å². The average molecular weight is 234 g/mol. The summed E-state index contributed by atoms with van der Waals surface area (Å²) < 4.78 is 0. The van der Waals surface area contributed by atoms with E-state index in [9.17, 15) is 9.59 Å². The summed E-state index contributed by atoms with van der Waals surface area (Å²) in [6.07, 6.45) is 0.312. The molecule has 0 bridgehead atoms. The molecule has 1 aromatic rings. The molecule has 2 rings (SSSR count). The standard InChI is InChI=1S/C12H14N2O3/c1-6-3-7-5-9(15)14(2)11(7)8(4-6)10(13)12(16)17/h3-4,10H,5,13H2,1-2H3,(H,16,17). The van der Waals surface area contributed by atoms with Crippen LogP contribution in [-0.2, 0) is 16.0 Å². The Balaban J connectivity index is 2.61. The van der Waals surface area contributed by atoms with E-state index in [0.717, 1.165) is 11.1 Å². The van der Waals surface area contributed by atoms with Gasteiger partial charge in [-0.25, -0.2) is 0 Å². The predicted molar refractivity (Wildman–Crippen MR) is 62.9 cm³/mol. The van der Waals surface area contributed by atoms with Crippen molar-refractivity contribution in [2.24, 2.45) is 5.73 Å². The molecule has 1 atom stereocenters. The largest absolute Gasteiger partial charge is 0.480 e. The highest BCUT2D eigenvalue weighted by atomic mass is 16.4. The van der Waals surface area contributed by atoms with E-state index >= 15 is 0 Å². The van der Waals surface area contributed by atoms with Gasteiger partial charge in [0.15, 0.2) is 0 Å². The van der Waals surface area contributed by atoms with E-state index in [0.29, 0.717) is 17.7 Å². The molecule has 5 nitrogen and oxygen atoms in total. The number of carbonyl (C=O) groups is 2. The number of nitrogens with two attached hydrogens (primary N) is 1. The van der Waals surface area contributed by atoms with Crippen LogP contribution in [0.2, 0.25) is 0 Å². The Morgan fingerprint density at radius 2 is 2.18 bits per heavy atom. The van der Waals surface area contributed by atoms with E-state index in [2.05, 4.69) is 0 Å². The normalized spacial score (nSPS) is 15.9. The van der Waals surface area contributed by atoms with Gasteiger partial charge in [-0.05, 0) is 12.5 Å². The summed E-state index contributed by atoms with van der Waals surface area (Å²) in [5.74, 6) is -1.13. The Labute approximate surface area is 98.8 Å². The van der Waals surface area contributed by atoms with Crippen LogP contribution in [0.25, 0.3) is 0 Å². The topological polar surface area (TPSA) is 83.6 Å². The molecule has 0 aromatic heterocycles. The number of carboxylic acids is 1. The lowest BCUT2D eigenvalue weighted by atomic mass is 9.98. The molecule has 1 unspecified atom stereocenters. The lowest BCUT2D eigenvalue weighted by molar-refractivity contribution is -0.138. The molecule has 1 aliphatic heterocycles. The van der Waals surface area contributed by atoms with Gasteiger partial charge in [0.25, 0.3) is 0 Å². The number of amides is 1. The van der Waals surface area contributed by atoms with Crippen LogP contribution in [0.3, 0.4) is 0 Å². The Morgan fingerprint density at radius 1 is 1.53 bits per heavy atom. The number of nitrogens with zero attached hydrogens (tertiary/aromatic N) is 1. The lowest BCUT2D eigenvalue weighted by Gasteiger charge is -2.18. The second-order valence-electron chi connectivity index (χ2n) is 4.31. The summed E-state index contributed by atoms with van der Waals surface area (Å²) in [6, 6.07) is 2.53. The maximum atomic E-state index is 11.6. The molecular weight excluding hydrogens is 220 g/mol. The van der Waals surface area contributed by atoms with Gasteiger partial charge >= 0.3 is 5.97 Å². The number of benzene rings is 1. The highest BCUT2D eigenvalue weighted by Crippen LogP contribution is 2.35. The molecule has 3 N–H and O–H groups in total. The van der Waals surface area contributed by atoms with E-state index in [1.54, 1.807) is 13.1 Å². The fourth-order valence-electron chi connectivity index (χ4n) is 2.20. The monoisotopic (exact) mass is 234 g/mol. The number of aryl methyl sites for hydroxylation is 1. The average Bonchev–Trinajstić information content (AvgIpc) is 2.52. The molecule has 0 radical (unpaired) electrons. The first-order chi connectivity index (χ1) is 7.91.